The highest BCUT2D eigenvalue weighted by Gasteiger charge is 2.78. The summed E-state index contributed by atoms with van der Waals surface area (Å²) in [5.74, 6) is 0.704. The molecule has 3 unspecified atom stereocenters. The van der Waals surface area contributed by atoms with Crippen LogP contribution in [-0.4, -0.2) is 22.8 Å². The van der Waals surface area contributed by atoms with E-state index in [1.165, 1.54) is 6.42 Å². The molecular formula is C16H28O3. The van der Waals surface area contributed by atoms with E-state index >= 15 is 0 Å². The summed E-state index contributed by atoms with van der Waals surface area (Å²) in [6, 6.07) is 0. The van der Waals surface area contributed by atoms with E-state index in [-0.39, 0.29) is 11.6 Å². The summed E-state index contributed by atoms with van der Waals surface area (Å²) in [6.45, 7) is 12.2. The second-order valence-electron chi connectivity index (χ2n) is 7.31. The zero-order valence-electron chi connectivity index (χ0n) is 13.2. The minimum Gasteiger partial charge on any atom is -0.458 e. The minimum absolute atomic E-state index is 0.164. The Morgan fingerprint density at radius 2 is 1.79 bits per heavy atom. The molecule has 3 heteroatoms. The summed E-state index contributed by atoms with van der Waals surface area (Å²) < 4.78 is 11.8. The van der Waals surface area contributed by atoms with Crippen LogP contribution in [0.2, 0.25) is 0 Å². The predicted octanol–water partition coefficient (Wildman–Crippen LogP) is 3.70. The first-order valence-electron chi connectivity index (χ1n) is 7.63. The molecule has 0 N–H and O–H groups in total. The molecule has 1 saturated carbocycles. The zero-order valence-corrected chi connectivity index (χ0v) is 13.2. The van der Waals surface area contributed by atoms with Gasteiger partial charge in [-0.1, -0.05) is 27.2 Å². The molecule has 0 aromatic heterocycles. The molecule has 3 nitrogen and oxygen atoms in total. The lowest BCUT2D eigenvalue weighted by Gasteiger charge is -2.35. The molecule has 0 bridgehead atoms. The average molecular weight is 268 g/mol. The Kier molecular flexibility index (Phi) is 3.49. The molecule has 1 spiro atoms. The van der Waals surface area contributed by atoms with Crippen LogP contribution in [0.5, 0.6) is 0 Å². The maximum absolute atomic E-state index is 12.6. The van der Waals surface area contributed by atoms with Crippen molar-refractivity contribution in [2.75, 3.05) is 0 Å². The highest BCUT2D eigenvalue weighted by atomic mass is 16.7. The van der Waals surface area contributed by atoms with E-state index in [1.54, 1.807) is 0 Å². The molecule has 0 radical (unpaired) electrons. The van der Waals surface area contributed by atoms with Crippen molar-refractivity contribution in [3.05, 3.63) is 0 Å². The summed E-state index contributed by atoms with van der Waals surface area (Å²) in [4.78, 5) is 12.6. The van der Waals surface area contributed by atoms with Crippen molar-refractivity contribution in [3.63, 3.8) is 0 Å². The Morgan fingerprint density at radius 3 is 2.21 bits per heavy atom. The third kappa shape index (κ3) is 2.10. The van der Waals surface area contributed by atoms with Crippen molar-refractivity contribution < 1.29 is 14.3 Å². The molecule has 1 heterocycles. The van der Waals surface area contributed by atoms with Crippen molar-refractivity contribution in [1.82, 2.24) is 0 Å². The van der Waals surface area contributed by atoms with E-state index in [0.717, 1.165) is 12.8 Å². The molecular weight excluding hydrogens is 240 g/mol. The lowest BCUT2D eigenvalue weighted by molar-refractivity contribution is -0.161. The van der Waals surface area contributed by atoms with Crippen molar-refractivity contribution in [2.45, 2.75) is 84.0 Å². The van der Waals surface area contributed by atoms with Crippen LogP contribution >= 0.6 is 0 Å². The summed E-state index contributed by atoms with van der Waals surface area (Å²) in [7, 11) is 0. The maximum atomic E-state index is 12.6. The Bertz CT molecular complexity index is 359. The molecule has 110 valence electrons. The largest absolute Gasteiger partial charge is 0.458 e. The highest BCUT2D eigenvalue weighted by molar-refractivity contribution is 5.85. The minimum atomic E-state index is -0.695. The third-order valence-electron chi connectivity index (χ3n) is 4.90. The van der Waals surface area contributed by atoms with E-state index in [2.05, 4.69) is 13.8 Å². The number of ether oxygens (including phenoxy) is 2. The van der Waals surface area contributed by atoms with Crippen LogP contribution in [0, 0.1) is 11.8 Å². The Hall–Kier alpha value is -0.570. The fraction of sp³-hybridized carbons (Fsp3) is 0.938. The molecule has 1 aliphatic heterocycles. The van der Waals surface area contributed by atoms with Crippen LogP contribution in [0.3, 0.4) is 0 Å². The second kappa shape index (κ2) is 4.47. The topological polar surface area (TPSA) is 38.8 Å². The van der Waals surface area contributed by atoms with Crippen LogP contribution < -0.4 is 0 Å². The van der Waals surface area contributed by atoms with Gasteiger partial charge < -0.3 is 9.47 Å². The van der Waals surface area contributed by atoms with Crippen molar-refractivity contribution >= 4 is 5.97 Å². The number of hydrogen-bond donors (Lipinski definition) is 0. The van der Waals surface area contributed by atoms with Gasteiger partial charge in [0.1, 0.15) is 11.2 Å². The first kappa shape index (κ1) is 14.8. The maximum Gasteiger partial charge on any atom is 0.342 e. The zero-order chi connectivity index (χ0) is 14.5. The van der Waals surface area contributed by atoms with Gasteiger partial charge in [0.25, 0.3) is 0 Å². The van der Waals surface area contributed by atoms with Crippen LogP contribution in [0.15, 0.2) is 0 Å². The molecule has 1 saturated heterocycles. The van der Waals surface area contributed by atoms with Crippen molar-refractivity contribution in [3.8, 4) is 0 Å². The van der Waals surface area contributed by atoms with Crippen LogP contribution in [0.4, 0.5) is 0 Å². The normalized spacial score (nSPS) is 42.2. The standard InChI is InChI=1S/C16H28O3/c1-7-15(13(17)18-14(4,5)6)16(19-15)11(2)9-8-10-12(16)3/h11-12H,7-10H2,1-6H3. The second-order valence-corrected chi connectivity index (χ2v) is 7.31. The molecule has 2 aliphatic rings. The molecule has 2 fully saturated rings. The molecule has 0 aromatic rings. The highest BCUT2D eigenvalue weighted by Crippen LogP contribution is 2.63. The molecule has 0 amide bonds. The number of epoxide rings is 1. The SMILES string of the molecule is CCC1(C(=O)OC(C)(C)C)OC12C(C)CCCC2C. The smallest absolute Gasteiger partial charge is 0.342 e. The molecule has 3 atom stereocenters. The van der Waals surface area contributed by atoms with E-state index < -0.39 is 11.2 Å². The van der Waals surface area contributed by atoms with Crippen molar-refractivity contribution in [2.24, 2.45) is 11.8 Å². The summed E-state index contributed by atoms with van der Waals surface area (Å²) in [6.07, 6.45) is 4.24. The van der Waals surface area contributed by atoms with E-state index in [9.17, 15) is 4.79 Å². The van der Waals surface area contributed by atoms with Gasteiger partial charge in [0.15, 0.2) is 5.60 Å². The number of esters is 1. The fourth-order valence-corrected chi connectivity index (χ4v) is 3.96. The quantitative estimate of drug-likeness (QED) is 0.566. The first-order chi connectivity index (χ1) is 8.69. The van der Waals surface area contributed by atoms with Gasteiger partial charge in [0.2, 0.25) is 0 Å². The Balaban J connectivity index is 2.24. The number of hydrogen-bond acceptors (Lipinski definition) is 3. The van der Waals surface area contributed by atoms with Gasteiger partial charge in [-0.05, 0) is 51.9 Å². The van der Waals surface area contributed by atoms with Crippen LogP contribution in [0.25, 0.3) is 0 Å². The molecule has 0 aromatic carbocycles. The van der Waals surface area contributed by atoms with Gasteiger partial charge in [-0.2, -0.15) is 0 Å². The van der Waals surface area contributed by atoms with Crippen LogP contribution in [0.1, 0.15) is 67.2 Å². The molecule has 1 aliphatic carbocycles. The summed E-state index contributed by atoms with van der Waals surface area (Å²) >= 11 is 0. The molecule has 2 rings (SSSR count). The lowest BCUT2D eigenvalue weighted by atomic mass is 9.66. The van der Waals surface area contributed by atoms with E-state index in [0.29, 0.717) is 18.3 Å². The lowest BCUT2D eigenvalue weighted by Crippen LogP contribution is -2.46. The number of rotatable bonds is 2. The monoisotopic (exact) mass is 268 g/mol. The van der Waals surface area contributed by atoms with Crippen LogP contribution in [-0.2, 0) is 14.3 Å². The van der Waals surface area contributed by atoms with Gasteiger partial charge in [0, 0.05) is 0 Å². The Labute approximate surface area is 117 Å². The average Bonchev–Trinajstić information content (AvgIpc) is 2.96. The van der Waals surface area contributed by atoms with E-state index in [1.807, 2.05) is 27.7 Å². The fourth-order valence-electron chi connectivity index (χ4n) is 3.96. The van der Waals surface area contributed by atoms with Crippen molar-refractivity contribution in [1.29, 1.82) is 0 Å². The van der Waals surface area contributed by atoms with Gasteiger partial charge in [-0.3, -0.25) is 0 Å². The summed E-state index contributed by atoms with van der Waals surface area (Å²) in [5, 5.41) is 0. The van der Waals surface area contributed by atoms with Gasteiger partial charge in [-0.15, -0.1) is 0 Å². The van der Waals surface area contributed by atoms with Gasteiger partial charge >= 0.3 is 5.97 Å². The van der Waals surface area contributed by atoms with Gasteiger partial charge in [0.05, 0.1) is 0 Å². The Morgan fingerprint density at radius 1 is 1.26 bits per heavy atom. The summed E-state index contributed by atoms with van der Waals surface area (Å²) in [5.41, 5.74) is -1.42. The first-order valence-corrected chi connectivity index (χ1v) is 7.63. The predicted molar refractivity (Wildman–Crippen MR) is 74.9 cm³/mol. The van der Waals surface area contributed by atoms with E-state index in [4.69, 9.17) is 9.47 Å². The number of carbonyl (C=O) groups is 1. The third-order valence-corrected chi connectivity index (χ3v) is 4.90. The number of carbonyl (C=O) groups excluding carboxylic acids is 1. The molecule has 19 heavy (non-hydrogen) atoms. The van der Waals surface area contributed by atoms with Gasteiger partial charge in [-0.25, -0.2) is 4.79 Å².